The molecule has 0 aromatic carbocycles. The summed E-state index contributed by atoms with van der Waals surface area (Å²) in [5, 5.41) is 0. The topological polar surface area (TPSA) is 20.2 Å². The van der Waals surface area contributed by atoms with Crippen LogP contribution in [0.2, 0.25) is 0 Å². The van der Waals surface area contributed by atoms with Crippen LogP contribution >= 0.6 is 7.49 Å². The number of hydrogen-bond donors (Lipinski definition) is 1. The van der Waals surface area contributed by atoms with E-state index in [0.717, 1.165) is 24.4 Å². The van der Waals surface area contributed by atoms with Crippen molar-refractivity contribution in [3.8, 4) is 0 Å². The second-order valence-corrected chi connectivity index (χ2v) is 9.34. The minimum atomic E-state index is -1.78. The van der Waals surface area contributed by atoms with Crippen LogP contribution in [0, 0.1) is 5.92 Å². The van der Waals surface area contributed by atoms with E-state index in [1.807, 2.05) is 0 Å². The van der Waals surface area contributed by atoms with Crippen LogP contribution in [0.4, 0.5) is 0 Å². The summed E-state index contributed by atoms with van der Waals surface area (Å²) in [6.07, 6.45) is 11.7. The molecular formula is C12H27OP. The van der Waals surface area contributed by atoms with Crippen LogP contribution in [0.3, 0.4) is 0 Å². The molecule has 0 radical (unpaired) electrons. The van der Waals surface area contributed by atoms with Gasteiger partial charge in [0.25, 0.3) is 0 Å². The third-order valence-electron chi connectivity index (χ3n) is 4.06. The molecular weight excluding hydrogens is 191 g/mol. The first-order valence-electron chi connectivity index (χ1n) is 6.42. The number of hydrogen-bond acceptors (Lipinski definition) is 1. The van der Waals surface area contributed by atoms with Crippen molar-refractivity contribution in [1.29, 1.82) is 0 Å². The molecule has 1 N–H and O–H groups in total. The monoisotopic (exact) mass is 218 g/mol. The zero-order valence-corrected chi connectivity index (χ0v) is 10.9. The molecule has 2 heteroatoms. The van der Waals surface area contributed by atoms with Gasteiger partial charge in [-0.15, -0.1) is 0 Å². The Balaban J connectivity index is 2.23. The van der Waals surface area contributed by atoms with Gasteiger partial charge in [-0.25, -0.2) is 0 Å². The molecule has 0 aromatic rings. The van der Waals surface area contributed by atoms with Gasteiger partial charge in [0.15, 0.2) is 0 Å². The van der Waals surface area contributed by atoms with Crippen LogP contribution in [0.15, 0.2) is 0 Å². The van der Waals surface area contributed by atoms with E-state index < -0.39 is 7.49 Å². The van der Waals surface area contributed by atoms with E-state index in [2.05, 4.69) is 13.8 Å². The quantitative estimate of drug-likeness (QED) is 0.698. The van der Waals surface area contributed by atoms with Crippen molar-refractivity contribution in [1.82, 2.24) is 0 Å². The van der Waals surface area contributed by atoms with Gasteiger partial charge in [0.05, 0.1) is 0 Å². The molecule has 1 fully saturated rings. The molecule has 1 aliphatic rings. The van der Waals surface area contributed by atoms with Gasteiger partial charge in [-0.3, -0.25) is 0 Å². The molecule has 0 aromatic heterocycles. The van der Waals surface area contributed by atoms with Crippen LogP contribution in [0.25, 0.3) is 0 Å². The molecule has 0 saturated heterocycles. The summed E-state index contributed by atoms with van der Waals surface area (Å²) in [7, 11) is -1.78. The predicted molar refractivity (Wildman–Crippen MR) is 67.7 cm³/mol. The molecule has 0 heterocycles. The van der Waals surface area contributed by atoms with Gasteiger partial charge in [-0.1, -0.05) is 0 Å². The molecule has 0 spiro atoms. The first kappa shape index (κ1) is 12.5. The predicted octanol–water partition coefficient (Wildman–Crippen LogP) is 3.65. The summed E-state index contributed by atoms with van der Waals surface area (Å²) in [6.45, 7) is 4.33. The van der Waals surface area contributed by atoms with E-state index in [9.17, 15) is 4.89 Å². The van der Waals surface area contributed by atoms with Gasteiger partial charge in [0.2, 0.25) is 0 Å². The molecule has 1 rings (SSSR count). The van der Waals surface area contributed by atoms with E-state index in [0.29, 0.717) is 0 Å². The van der Waals surface area contributed by atoms with Crippen molar-refractivity contribution >= 4 is 7.49 Å². The summed E-state index contributed by atoms with van der Waals surface area (Å²) in [5.41, 5.74) is 0. The van der Waals surface area contributed by atoms with Crippen LogP contribution in [-0.4, -0.2) is 23.4 Å². The van der Waals surface area contributed by atoms with Gasteiger partial charge in [0.1, 0.15) is 0 Å². The first-order valence-corrected chi connectivity index (χ1v) is 8.99. The summed E-state index contributed by atoms with van der Waals surface area (Å²) in [6, 6.07) is 0. The molecule has 0 bridgehead atoms. The van der Waals surface area contributed by atoms with Gasteiger partial charge in [-0.2, -0.15) is 0 Å². The molecule has 0 atom stereocenters. The fourth-order valence-electron chi connectivity index (χ4n) is 2.55. The molecule has 14 heavy (non-hydrogen) atoms. The Bertz CT molecular complexity index is 148. The van der Waals surface area contributed by atoms with Gasteiger partial charge < -0.3 is 0 Å². The van der Waals surface area contributed by atoms with Crippen LogP contribution in [-0.2, 0) is 0 Å². The zero-order chi connectivity index (χ0) is 10.4. The zero-order valence-electron chi connectivity index (χ0n) is 9.89. The third-order valence-corrected chi connectivity index (χ3v) is 7.91. The van der Waals surface area contributed by atoms with Crippen LogP contribution < -0.4 is 0 Å². The SMILES string of the molecule is CC[PH](O)(CC)CCC1CCCCC1. The van der Waals surface area contributed by atoms with E-state index >= 15 is 0 Å². The average Bonchev–Trinajstić information content (AvgIpc) is 2.27. The normalized spacial score (nSPS) is 21.1. The Labute approximate surface area is 89.7 Å². The third kappa shape index (κ3) is 3.87. The fourth-order valence-corrected chi connectivity index (χ4v) is 4.70. The van der Waals surface area contributed by atoms with Gasteiger partial charge in [0, 0.05) is 0 Å². The number of rotatable bonds is 5. The van der Waals surface area contributed by atoms with Crippen molar-refractivity contribution in [2.45, 2.75) is 52.4 Å². The second kappa shape index (κ2) is 6.08. The van der Waals surface area contributed by atoms with Gasteiger partial charge in [-0.05, 0) is 0 Å². The molecule has 0 unspecified atom stereocenters. The Morgan fingerprint density at radius 3 is 2.14 bits per heavy atom. The molecule has 1 nitrogen and oxygen atoms in total. The first-order chi connectivity index (χ1) is 6.70. The van der Waals surface area contributed by atoms with E-state index in [4.69, 9.17) is 0 Å². The summed E-state index contributed by atoms with van der Waals surface area (Å²) < 4.78 is 0. The standard InChI is InChI=1S/C12H27OP/c1-3-14(13,4-2)11-10-12-8-6-5-7-9-12/h12-14H,3-11H2,1-2H3. The Kier molecular flexibility index (Phi) is 5.41. The van der Waals surface area contributed by atoms with E-state index in [1.54, 1.807) is 0 Å². The maximum absolute atomic E-state index is 10.3. The van der Waals surface area contributed by atoms with E-state index in [-0.39, 0.29) is 0 Å². The van der Waals surface area contributed by atoms with Crippen LogP contribution in [0.5, 0.6) is 0 Å². The summed E-state index contributed by atoms with van der Waals surface area (Å²) in [4.78, 5) is 10.3. The molecule has 0 aliphatic heterocycles. The van der Waals surface area contributed by atoms with Crippen molar-refractivity contribution in [3.63, 3.8) is 0 Å². The Morgan fingerprint density at radius 2 is 1.64 bits per heavy atom. The van der Waals surface area contributed by atoms with Crippen LogP contribution in [0.1, 0.15) is 52.4 Å². The van der Waals surface area contributed by atoms with E-state index in [1.165, 1.54) is 38.5 Å². The second-order valence-electron chi connectivity index (χ2n) is 4.97. The van der Waals surface area contributed by atoms with Crippen molar-refractivity contribution in [2.75, 3.05) is 18.5 Å². The Morgan fingerprint density at radius 1 is 1.07 bits per heavy atom. The molecule has 86 valence electrons. The van der Waals surface area contributed by atoms with Crippen molar-refractivity contribution in [2.24, 2.45) is 5.92 Å². The van der Waals surface area contributed by atoms with Gasteiger partial charge >= 0.3 is 89.2 Å². The van der Waals surface area contributed by atoms with Crippen molar-refractivity contribution < 1.29 is 4.89 Å². The molecule has 1 aliphatic carbocycles. The molecule has 0 amide bonds. The minimum absolute atomic E-state index is 0.945. The summed E-state index contributed by atoms with van der Waals surface area (Å²) in [5.74, 6) is 0.945. The average molecular weight is 218 g/mol. The Hall–Kier alpha value is 0.390. The van der Waals surface area contributed by atoms with Crippen molar-refractivity contribution in [3.05, 3.63) is 0 Å². The fraction of sp³-hybridized carbons (Fsp3) is 1.00. The summed E-state index contributed by atoms with van der Waals surface area (Å²) >= 11 is 0. The molecule has 1 saturated carbocycles. The maximum atomic E-state index is 10.3.